The summed E-state index contributed by atoms with van der Waals surface area (Å²) in [6.07, 6.45) is 2.10. The number of aromatic nitrogens is 4. The minimum Gasteiger partial charge on any atom is -0.381 e. The third-order valence-electron chi connectivity index (χ3n) is 3.31. The summed E-state index contributed by atoms with van der Waals surface area (Å²) in [6, 6.07) is 10.4. The van der Waals surface area contributed by atoms with E-state index in [4.69, 9.17) is 4.74 Å². The maximum atomic E-state index is 5.34. The Hall–Kier alpha value is -1.79. The first-order chi connectivity index (χ1) is 9.43. The van der Waals surface area contributed by atoms with E-state index < -0.39 is 0 Å². The topological polar surface area (TPSA) is 64.9 Å². The van der Waals surface area contributed by atoms with E-state index in [1.165, 1.54) is 0 Å². The van der Waals surface area contributed by atoms with Gasteiger partial charge in [0, 0.05) is 19.3 Å². The predicted molar refractivity (Wildman–Crippen MR) is 69.8 cm³/mol. The van der Waals surface area contributed by atoms with E-state index in [2.05, 4.69) is 20.8 Å². The fourth-order valence-electron chi connectivity index (χ4n) is 2.22. The fraction of sp³-hybridized carbons (Fsp3) is 0.462. The third-order valence-corrected chi connectivity index (χ3v) is 3.31. The van der Waals surface area contributed by atoms with Gasteiger partial charge in [0.25, 0.3) is 0 Å². The molecule has 0 radical (unpaired) electrons. The molecule has 1 aliphatic heterocycles. The second-order valence-corrected chi connectivity index (χ2v) is 4.61. The summed E-state index contributed by atoms with van der Waals surface area (Å²) in [4.78, 5) is 0. The van der Waals surface area contributed by atoms with Crippen LogP contribution in [0.5, 0.6) is 0 Å². The van der Waals surface area contributed by atoms with Gasteiger partial charge in [0.05, 0.1) is 12.2 Å². The van der Waals surface area contributed by atoms with Crippen LogP contribution in [-0.4, -0.2) is 39.5 Å². The van der Waals surface area contributed by atoms with Crippen LogP contribution in [0.3, 0.4) is 0 Å². The van der Waals surface area contributed by atoms with E-state index in [1.807, 2.05) is 30.3 Å². The van der Waals surface area contributed by atoms with Crippen molar-refractivity contribution < 1.29 is 4.74 Å². The molecule has 1 N–H and O–H groups in total. The van der Waals surface area contributed by atoms with Gasteiger partial charge in [0.1, 0.15) is 0 Å². The zero-order chi connectivity index (χ0) is 12.9. The van der Waals surface area contributed by atoms with Crippen molar-refractivity contribution >= 4 is 0 Å². The molecule has 0 amide bonds. The van der Waals surface area contributed by atoms with Crippen molar-refractivity contribution in [3.8, 4) is 5.69 Å². The summed E-state index contributed by atoms with van der Waals surface area (Å²) in [7, 11) is 0. The molecule has 1 aromatic heterocycles. The Morgan fingerprint density at radius 3 is 2.79 bits per heavy atom. The van der Waals surface area contributed by atoms with E-state index >= 15 is 0 Å². The molecule has 19 heavy (non-hydrogen) atoms. The number of nitrogens with zero attached hydrogens (tertiary/aromatic N) is 4. The Labute approximate surface area is 111 Å². The number of hydrogen-bond acceptors (Lipinski definition) is 5. The minimum atomic E-state index is 0.495. The highest BCUT2D eigenvalue weighted by Gasteiger charge is 2.15. The number of hydrogen-bond donors (Lipinski definition) is 1. The standard InChI is InChI=1S/C13H17N5O/c1-2-4-12(5-3-1)18-13(15-16-17-18)10-14-11-6-8-19-9-7-11/h1-5,11,14H,6-10H2. The van der Waals surface area contributed by atoms with Crippen LogP contribution in [0.25, 0.3) is 5.69 Å². The third kappa shape index (κ3) is 2.97. The second kappa shape index (κ2) is 5.90. The van der Waals surface area contributed by atoms with Crippen LogP contribution in [0.4, 0.5) is 0 Å². The van der Waals surface area contributed by atoms with Gasteiger partial charge in [-0.3, -0.25) is 0 Å². The number of para-hydroxylation sites is 1. The molecule has 2 heterocycles. The average Bonchev–Trinajstić information content (AvgIpc) is 2.95. The molecule has 0 saturated carbocycles. The zero-order valence-corrected chi connectivity index (χ0v) is 10.7. The summed E-state index contributed by atoms with van der Waals surface area (Å²) < 4.78 is 7.11. The monoisotopic (exact) mass is 259 g/mol. The van der Waals surface area contributed by atoms with E-state index in [1.54, 1.807) is 4.68 Å². The van der Waals surface area contributed by atoms with Gasteiger partial charge in [0.2, 0.25) is 0 Å². The van der Waals surface area contributed by atoms with Crippen LogP contribution >= 0.6 is 0 Å². The Balaban J connectivity index is 1.67. The number of nitrogens with one attached hydrogen (secondary N) is 1. The Kier molecular flexibility index (Phi) is 3.81. The number of rotatable bonds is 4. The van der Waals surface area contributed by atoms with E-state index in [-0.39, 0.29) is 0 Å². The van der Waals surface area contributed by atoms with Gasteiger partial charge < -0.3 is 10.1 Å². The van der Waals surface area contributed by atoms with Crippen LogP contribution in [0.1, 0.15) is 18.7 Å². The molecule has 1 aliphatic rings. The first-order valence-electron chi connectivity index (χ1n) is 6.57. The highest BCUT2D eigenvalue weighted by atomic mass is 16.5. The van der Waals surface area contributed by atoms with Crippen LogP contribution < -0.4 is 5.32 Å². The molecule has 0 unspecified atom stereocenters. The largest absolute Gasteiger partial charge is 0.381 e. The number of tetrazole rings is 1. The van der Waals surface area contributed by atoms with Crippen molar-refractivity contribution in [3.05, 3.63) is 36.2 Å². The van der Waals surface area contributed by atoms with Crippen LogP contribution in [0, 0.1) is 0 Å². The fourth-order valence-corrected chi connectivity index (χ4v) is 2.22. The van der Waals surface area contributed by atoms with Gasteiger partial charge in [-0.15, -0.1) is 5.10 Å². The first kappa shape index (κ1) is 12.3. The van der Waals surface area contributed by atoms with Gasteiger partial charge in [-0.1, -0.05) is 18.2 Å². The number of benzene rings is 1. The van der Waals surface area contributed by atoms with Gasteiger partial charge in [0.15, 0.2) is 5.82 Å². The van der Waals surface area contributed by atoms with Crippen molar-refractivity contribution in [1.29, 1.82) is 0 Å². The van der Waals surface area contributed by atoms with E-state index in [9.17, 15) is 0 Å². The molecule has 0 atom stereocenters. The average molecular weight is 259 g/mol. The molecule has 6 heteroatoms. The Bertz CT molecular complexity index is 507. The van der Waals surface area contributed by atoms with Crippen molar-refractivity contribution in [2.24, 2.45) is 0 Å². The molecule has 1 saturated heterocycles. The lowest BCUT2D eigenvalue weighted by Gasteiger charge is -2.22. The lowest BCUT2D eigenvalue weighted by molar-refractivity contribution is 0.0774. The molecule has 1 fully saturated rings. The van der Waals surface area contributed by atoms with Crippen LogP contribution in [0.2, 0.25) is 0 Å². The normalized spacial score (nSPS) is 16.6. The molecular weight excluding hydrogens is 242 g/mol. The molecule has 1 aromatic carbocycles. The molecule has 3 rings (SSSR count). The van der Waals surface area contributed by atoms with Crippen molar-refractivity contribution in [3.63, 3.8) is 0 Å². The van der Waals surface area contributed by atoms with Crippen LogP contribution in [-0.2, 0) is 11.3 Å². The van der Waals surface area contributed by atoms with Crippen LogP contribution in [0.15, 0.2) is 30.3 Å². The Morgan fingerprint density at radius 2 is 2.00 bits per heavy atom. The van der Waals surface area contributed by atoms with Crippen molar-refractivity contribution in [1.82, 2.24) is 25.5 Å². The molecule has 6 nitrogen and oxygen atoms in total. The van der Waals surface area contributed by atoms with Gasteiger partial charge >= 0.3 is 0 Å². The molecule has 0 bridgehead atoms. The zero-order valence-electron chi connectivity index (χ0n) is 10.7. The highest BCUT2D eigenvalue weighted by molar-refractivity contribution is 5.30. The highest BCUT2D eigenvalue weighted by Crippen LogP contribution is 2.09. The van der Waals surface area contributed by atoms with E-state index in [0.717, 1.165) is 37.6 Å². The summed E-state index contributed by atoms with van der Waals surface area (Å²) in [5.41, 5.74) is 0.983. The molecule has 2 aromatic rings. The maximum Gasteiger partial charge on any atom is 0.170 e. The second-order valence-electron chi connectivity index (χ2n) is 4.61. The SMILES string of the molecule is c1ccc(-n2nnnc2CNC2CCOCC2)cc1. The summed E-state index contributed by atoms with van der Waals surface area (Å²) in [5, 5.41) is 15.4. The lowest BCUT2D eigenvalue weighted by Crippen LogP contribution is -2.35. The molecule has 100 valence electrons. The molecular formula is C13H17N5O. The van der Waals surface area contributed by atoms with Crippen molar-refractivity contribution in [2.45, 2.75) is 25.4 Å². The molecule has 0 aliphatic carbocycles. The molecule has 0 spiro atoms. The summed E-state index contributed by atoms with van der Waals surface area (Å²) in [5.74, 6) is 0.831. The smallest absolute Gasteiger partial charge is 0.170 e. The number of ether oxygens (including phenoxy) is 1. The lowest BCUT2D eigenvalue weighted by atomic mass is 10.1. The summed E-state index contributed by atoms with van der Waals surface area (Å²) >= 11 is 0. The van der Waals surface area contributed by atoms with E-state index in [0.29, 0.717) is 12.6 Å². The van der Waals surface area contributed by atoms with Gasteiger partial charge in [-0.2, -0.15) is 4.68 Å². The van der Waals surface area contributed by atoms with Crippen molar-refractivity contribution in [2.75, 3.05) is 13.2 Å². The van der Waals surface area contributed by atoms with Gasteiger partial charge in [-0.25, -0.2) is 0 Å². The minimum absolute atomic E-state index is 0.495. The quantitative estimate of drug-likeness (QED) is 0.885. The Morgan fingerprint density at radius 1 is 1.21 bits per heavy atom. The first-order valence-corrected chi connectivity index (χ1v) is 6.57. The van der Waals surface area contributed by atoms with Gasteiger partial charge in [-0.05, 0) is 35.4 Å². The summed E-state index contributed by atoms with van der Waals surface area (Å²) in [6.45, 7) is 2.34. The maximum absolute atomic E-state index is 5.34. The predicted octanol–water partition coefficient (Wildman–Crippen LogP) is 0.931.